The predicted molar refractivity (Wildman–Crippen MR) is 69.3 cm³/mol. The van der Waals surface area contributed by atoms with Crippen molar-refractivity contribution in [3.63, 3.8) is 0 Å². The van der Waals surface area contributed by atoms with E-state index in [0.717, 1.165) is 12.8 Å². The molecule has 0 radical (unpaired) electrons. The maximum Gasteiger partial charge on any atom is 0.354 e. The van der Waals surface area contributed by atoms with Gasteiger partial charge in [-0.3, -0.25) is 4.79 Å². The molecule has 1 aromatic rings. The monoisotopic (exact) mass is 276 g/mol. The van der Waals surface area contributed by atoms with Crippen LogP contribution in [0.5, 0.6) is 0 Å². The highest BCUT2D eigenvalue weighted by Crippen LogP contribution is 2.38. The van der Waals surface area contributed by atoms with Crippen LogP contribution in [-0.4, -0.2) is 51.2 Å². The number of carbonyl (C=O) groups excluding carboxylic acids is 1. The summed E-state index contributed by atoms with van der Waals surface area (Å²) in [6, 6.07) is 4.41. The van der Waals surface area contributed by atoms with E-state index in [2.05, 4.69) is 4.98 Å². The van der Waals surface area contributed by atoms with E-state index in [9.17, 15) is 14.7 Å². The number of amides is 1. The second-order valence-electron chi connectivity index (χ2n) is 5.49. The van der Waals surface area contributed by atoms with Crippen molar-refractivity contribution in [3.8, 4) is 0 Å². The summed E-state index contributed by atoms with van der Waals surface area (Å²) in [5.41, 5.74) is 0.0228. The Kier molecular flexibility index (Phi) is 3.17. The Morgan fingerprint density at radius 3 is 2.65 bits per heavy atom. The number of aromatic carboxylic acids is 1. The van der Waals surface area contributed by atoms with E-state index >= 15 is 0 Å². The van der Waals surface area contributed by atoms with Crippen LogP contribution in [0.25, 0.3) is 0 Å². The van der Waals surface area contributed by atoms with Gasteiger partial charge >= 0.3 is 5.97 Å². The average molecular weight is 276 g/mol. The first kappa shape index (κ1) is 13.1. The van der Waals surface area contributed by atoms with Gasteiger partial charge in [-0.1, -0.05) is 6.07 Å². The lowest BCUT2D eigenvalue weighted by atomic mass is 10.00. The standard InChI is InChI=1S/C14H16N2O4/c17-12-5-4-8-6-16(7-9(8)12)13(18)10-2-1-3-11(15-10)14(19)20/h1-3,8-9,12,17H,4-7H2,(H,19,20). The average Bonchev–Trinajstić information content (AvgIpc) is 3.01. The Morgan fingerprint density at radius 2 is 1.95 bits per heavy atom. The number of carboxylic acid groups (broad SMARTS) is 1. The summed E-state index contributed by atoms with van der Waals surface area (Å²) in [7, 11) is 0. The van der Waals surface area contributed by atoms with Crippen LogP contribution in [0.15, 0.2) is 18.2 Å². The third-order valence-corrected chi connectivity index (χ3v) is 4.29. The summed E-state index contributed by atoms with van der Waals surface area (Å²) in [4.78, 5) is 28.8. The van der Waals surface area contributed by atoms with Crippen molar-refractivity contribution in [2.24, 2.45) is 11.8 Å². The van der Waals surface area contributed by atoms with Gasteiger partial charge in [0, 0.05) is 19.0 Å². The van der Waals surface area contributed by atoms with Crippen LogP contribution < -0.4 is 0 Å². The molecule has 2 fully saturated rings. The van der Waals surface area contributed by atoms with E-state index in [0.29, 0.717) is 19.0 Å². The molecule has 2 N–H and O–H groups in total. The highest BCUT2D eigenvalue weighted by molar-refractivity contribution is 5.94. The highest BCUT2D eigenvalue weighted by atomic mass is 16.4. The van der Waals surface area contributed by atoms with Gasteiger partial charge in [-0.05, 0) is 30.9 Å². The molecule has 0 spiro atoms. The summed E-state index contributed by atoms with van der Waals surface area (Å²) in [5.74, 6) is -0.888. The van der Waals surface area contributed by atoms with E-state index in [1.807, 2.05) is 0 Å². The molecule has 0 aromatic carbocycles. The summed E-state index contributed by atoms with van der Waals surface area (Å²) >= 11 is 0. The Hall–Kier alpha value is -1.95. The molecular formula is C14H16N2O4. The Morgan fingerprint density at radius 1 is 1.20 bits per heavy atom. The number of aliphatic hydroxyl groups is 1. The summed E-state index contributed by atoms with van der Waals surface area (Å²) in [6.45, 7) is 1.16. The minimum absolute atomic E-state index is 0.129. The minimum Gasteiger partial charge on any atom is -0.477 e. The van der Waals surface area contributed by atoms with Gasteiger partial charge in [0.15, 0.2) is 0 Å². The number of fused-ring (bicyclic) bond motifs is 1. The van der Waals surface area contributed by atoms with E-state index in [1.165, 1.54) is 18.2 Å². The van der Waals surface area contributed by atoms with E-state index < -0.39 is 5.97 Å². The number of carbonyl (C=O) groups is 2. The first-order valence-corrected chi connectivity index (χ1v) is 6.74. The van der Waals surface area contributed by atoms with Gasteiger partial charge < -0.3 is 15.1 Å². The van der Waals surface area contributed by atoms with Crippen LogP contribution in [0.3, 0.4) is 0 Å². The number of aliphatic hydroxyl groups excluding tert-OH is 1. The van der Waals surface area contributed by atoms with E-state index in [4.69, 9.17) is 5.11 Å². The number of rotatable bonds is 2. The number of nitrogens with zero attached hydrogens (tertiary/aromatic N) is 2. The molecule has 6 heteroatoms. The fraction of sp³-hybridized carbons (Fsp3) is 0.500. The first-order valence-electron chi connectivity index (χ1n) is 6.74. The molecule has 1 amide bonds. The quantitative estimate of drug-likeness (QED) is 0.826. The number of likely N-dealkylation sites (tertiary alicyclic amines) is 1. The number of carboxylic acids is 1. The van der Waals surface area contributed by atoms with Crippen LogP contribution in [0.2, 0.25) is 0 Å². The van der Waals surface area contributed by atoms with Gasteiger partial charge in [0.1, 0.15) is 11.4 Å². The highest BCUT2D eigenvalue weighted by Gasteiger charge is 2.43. The van der Waals surface area contributed by atoms with Crippen molar-refractivity contribution in [1.82, 2.24) is 9.88 Å². The molecule has 1 aromatic heterocycles. The lowest BCUT2D eigenvalue weighted by Gasteiger charge is -2.18. The van der Waals surface area contributed by atoms with Gasteiger partial charge in [-0.15, -0.1) is 0 Å². The van der Waals surface area contributed by atoms with Crippen LogP contribution >= 0.6 is 0 Å². The molecule has 106 valence electrons. The third-order valence-electron chi connectivity index (χ3n) is 4.29. The van der Waals surface area contributed by atoms with E-state index in [-0.39, 0.29) is 29.3 Å². The SMILES string of the molecule is O=C(O)c1cccc(C(=O)N2CC3CCC(O)C3C2)n1. The van der Waals surface area contributed by atoms with Gasteiger partial charge in [0.05, 0.1) is 6.10 Å². The lowest BCUT2D eigenvalue weighted by molar-refractivity contribution is 0.0690. The lowest BCUT2D eigenvalue weighted by Crippen LogP contribution is -2.31. The largest absolute Gasteiger partial charge is 0.477 e. The molecule has 2 aliphatic rings. The zero-order valence-electron chi connectivity index (χ0n) is 10.9. The molecule has 1 saturated heterocycles. The summed E-state index contributed by atoms with van der Waals surface area (Å²) in [5, 5.41) is 18.8. The van der Waals surface area contributed by atoms with Gasteiger partial charge in [0.25, 0.3) is 5.91 Å². The number of hydrogen-bond donors (Lipinski definition) is 2. The van der Waals surface area contributed by atoms with Crippen LogP contribution in [0.4, 0.5) is 0 Å². The van der Waals surface area contributed by atoms with Crippen LogP contribution in [-0.2, 0) is 0 Å². The second kappa shape index (κ2) is 4.86. The van der Waals surface area contributed by atoms with Gasteiger partial charge in [-0.25, -0.2) is 9.78 Å². The minimum atomic E-state index is -1.15. The maximum atomic E-state index is 12.3. The van der Waals surface area contributed by atoms with Crippen molar-refractivity contribution in [1.29, 1.82) is 0 Å². The molecule has 1 saturated carbocycles. The van der Waals surface area contributed by atoms with Crippen LogP contribution in [0.1, 0.15) is 33.8 Å². The van der Waals surface area contributed by atoms with Gasteiger partial charge in [-0.2, -0.15) is 0 Å². The topological polar surface area (TPSA) is 90.7 Å². The molecule has 2 heterocycles. The Labute approximate surface area is 116 Å². The maximum absolute atomic E-state index is 12.3. The Bertz CT molecular complexity index is 560. The van der Waals surface area contributed by atoms with Crippen molar-refractivity contribution < 1.29 is 19.8 Å². The fourth-order valence-corrected chi connectivity index (χ4v) is 3.24. The molecule has 3 unspecified atom stereocenters. The first-order chi connectivity index (χ1) is 9.56. The predicted octanol–water partition coefficient (Wildman–Crippen LogP) is 0.623. The molecule has 20 heavy (non-hydrogen) atoms. The normalized spacial score (nSPS) is 28.4. The Balaban J connectivity index is 1.77. The molecule has 1 aliphatic carbocycles. The molecular weight excluding hydrogens is 260 g/mol. The van der Waals surface area contributed by atoms with Gasteiger partial charge in [0.2, 0.25) is 0 Å². The van der Waals surface area contributed by atoms with Crippen molar-refractivity contribution in [3.05, 3.63) is 29.6 Å². The number of pyridine rings is 1. The van der Waals surface area contributed by atoms with Crippen molar-refractivity contribution in [2.75, 3.05) is 13.1 Å². The summed E-state index contributed by atoms with van der Waals surface area (Å²) < 4.78 is 0. The van der Waals surface area contributed by atoms with Crippen molar-refractivity contribution >= 4 is 11.9 Å². The zero-order valence-corrected chi connectivity index (χ0v) is 10.9. The van der Waals surface area contributed by atoms with Crippen LogP contribution in [0, 0.1) is 11.8 Å². The number of aromatic nitrogens is 1. The zero-order chi connectivity index (χ0) is 14.3. The fourth-order valence-electron chi connectivity index (χ4n) is 3.24. The number of hydrogen-bond acceptors (Lipinski definition) is 4. The molecule has 3 atom stereocenters. The van der Waals surface area contributed by atoms with E-state index in [1.54, 1.807) is 4.90 Å². The molecule has 6 nitrogen and oxygen atoms in total. The molecule has 3 rings (SSSR count). The van der Waals surface area contributed by atoms with Crippen molar-refractivity contribution in [2.45, 2.75) is 18.9 Å². The molecule has 0 bridgehead atoms. The molecule has 1 aliphatic heterocycles. The smallest absolute Gasteiger partial charge is 0.354 e. The third kappa shape index (κ3) is 2.16. The summed E-state index contributed by atoms with van der Waals surface area (Å²) in [6.07, 6.45) is 1.43. The second-order valence-corrected chi connectivity index (χ2v) is 5.49.